The zero-order valence-electron chi connectivity index (χ0n) is 9.41. The Bertz CT molecular complexity index is 318. The highest BCUT2D eigenvalue weighted by Gasteiger charge is 2.06. The van der Waals surface area contributed by atoms with Crippen molar-refractivity contribution < 1.29 is 9.84 Å². The van der Waals surface area contributed by atoms with Crippen molar-refractivity contribution in [1.29, 1.82) is 0 Å². The monoisotopic (exact) mass is 304 g/mol. The molecule has 0 saturated carbocycles. The average molecular weight is 305 g/mol. The van der Waals surface area contributed by atoms with Gasteiger partial charge in [0.2, 0.25) is 0 Å². The van der Waals surface area contributed by atoms with E-state index >= 15 is 0 Å². The smallest absolute Gasteiger partial charge is 0.138 e. The van der Waals surface area contributed by atoms with E-state index in [0.717, 1.165) is 33.7 Å². The molecule has 90 valence electrons. The molecule has 0 radical (unpaired) electrons. The van der Waals surface area contributed by atoms with E-state index in [-0.39, 0.29) is 6.61 Å². The zero-order chi connectivity index (χ0) is 11.8. The summed E-state index contributed by atoms with van der Waals surface area (Å²) in [5, 5.41) is 9.18. The van der Waals surface area contributed by atoms with Gasteiger partial charge in [0.15, 0.2) is 0 Å². The highest BCUT2D eigenvalue weighted by Crippen LogP contribution is 2.29. The van der Waals surface area contributed by atoms with Crippen molar-refractivity contribution in [3.63, 3.8) is 0 Å². The van der Waals surface area contributed by atoms with E-state index in [2.05, 4.69) is 22.9 Å². The lowest BCUT2D eigenvalue weighted by atomic mass is 10.2. The third-order valence-electron chi connectivity index (χ3n) is 2.10. The maximum absolute atomic E-state index is 9.18. The van der Waals surface area contributed by atoms with Gasteiger partial charge in [-0.3, -0.25) is 0 Å². The van der Waals surface area contributed by atoms with Gasteiger partial charge in [0.1, 0.15) is 5.75 Å². The van der Waals surface area contributed by atoms with Crippen LogP contribution in [-0.2, 0) is 6.61 Å². The van der Waals surface area contributed by atoms with E-state index in [1.54, 1.807) is 0 Å². The first-order chi connectivity index (χ1) is 7.79. The largest absolute Gasteiger partial charge is 0.492 e. The number of benzene rings is 1. The van der Waals surface area contributed by atoms with Crippen LogP contribution in [-0.4, -0.2) is 23.2 Å². The van der Waals surface area contributed by atoms with Gasteiger partial charge in [-0.2, -0.15) is 11.8 Å². The van der Waals surface area contributed by atoms with Crippen LogP contribution in [0.5, 0.6) is 5.75 Å². The van der Waals surface area contributed by atoms with Crippen LogP contribution in [0.4, 0.5) is 0 Å². The predicted octanol–water partition coefficient (Wildman–Crippen LogP) is 3.46. The maximum atomic E-state index is 9.18. The van der Waals surface area contributed by atoms with Crippen molar-refractivity contribution >= 4 is 27.7 Å². The van der Waals surface area contributed by atoms with E-state index in [1.807, 2.05) is 30.0 Å². The molecule has 0 heterocycles. The fourth-order valence-electron chi connectivity index (χ4n) is 1.32. The van der Waals surface area contributed by atoms with Gasteiger partial charge in [-0.25, -0.2) is 0 Å². The molecule has 0 fully saturated rings. The minimum atomic E-state index is 0.0124. The molecule has 4 heteroatoms. The van der Waals surface area contributed by atoms with Crippen molar-refractivity contribution in [2.75, 3.05) is 18.1 Å². The van der Waals surface area contributed by atoms with Crippen molar-refractivity contribution in [3.05, 3.63) is 28.2 Å². The number of rotatable bonds is 7. The molecule has 1 aromatic rings. The molecular weight excluding hydrogens is 288 g/mol. The van der Waals surface area contributed by atoms with E-state index in [1.165, 1.54) is 0 Å². The Labute approximate surface area is 110 Å². The molecule has 0 aliphatic carbocycles. The number of halogens is 1. The molecule has 0 bridgehead atoms. The normalized spacial score (nSPS) is 10.4. The second-order valence-electron chi connectivity index (χ2n) is 3.29. The summed E-state index contributed by atoms with van der Waals surface area (Å²) in [7, 11) is 0. The van der Waals surface area contributed by atoms with Gasteiger partial charge in [0, 0.05) is 5.56 Å². The number of hydrogen-bond donors (Lipinski definition) is 1. The maximum Gasteiger partial charge on any atom is 0.138 e. The summed E-state index contributed by atoms with van der Waals surface area (Å²) in [6.45, 7) is 2.87. The molecule has 0 aliphatic heterocycles. The first kappa shape index (κ1) is 13.9. The molecule has 0 aliphatic rings. The Morgan fingerprint density at radius 3 is 2.94 bits per heavy atom. The molecule has 16 heavy (non-hydrogen) atoms. The third kappa shape index (κ3) is 4.36. The van der Waals surface area contributed by atoms with Gasteiger partial charge in [0.05, 0.1) is 17.7 Å². The van der Waals surface area contributed by atoms with Crippen LogP contribution in [0.15, 0.2) is 22.7 Å². The van der Waals surface area contributed by atoms with Gasteiger partial charge in [-0.05, 0) is 39.9 Å². The van der Waals surface area contributed by atoms with Crippen LogP contribution in [0.2, 0.25) is 0 Å². The fraction of sp³-hybridized carbons (Fsp3) is 0.500. The number of aliphatic hydroxyl groups is 1. The minimum absolute atomic E-state index is 0.0124. The quantitative estimate of drug-likeness (QED) is 0.782. The number of thioether (sulfide) groups is 1. The Balaban J connectivity index is 2.46. The van der Waals surface area contributed by atoms with Gasteiger partial charge >= 0.3 is 0 Å². The van der Waals surface area contributed by atoms with E-state index < -0.39 is 0 Å². The van der Waals surface area contributed by atoms with E-state index in [9.17, 15) is 5.11 Å². The van der Waals surface area contributed by atoms with Crippen molar-refractivity contribution in [3.8, 4) is 5.75 Å². The lowest BCUT2D eigenvalue weighted by Gasteiger charge is -2.11. The second-order valence-corrected chi connectivity index (χ2v) is 5.53. The SMILES string of the molecule is CCSCCCOc1c(Br)cccc1CO. The van der Waals surface area contributed by atoms with Gasteiger partial charge in [-0.1, -0.05) is 19.1 Å². The molecular formula is C12H17BrO2S. The van der Waals surface area contributed by atoms with Crippen LogP contribution in [0.25, 0.3) is 0 Å². The topological polar surface area (TPSA) is 29.5 Å². The number of aliphatic hydroxyl groups excluding tert-OH is 1. The van der Waals surface area contributed by atoms with E-state index in [4.69, 9.17) is 4.74 Å². The first-order valence-corrected chi connectivity index (χ1v) is 7.33. The lowest BCUT2D eigenvalue weighted by molar-refractivity contribution is 0.262. The molecule has 0 aromatic heterocycles. The standard InChI is InChI=1S/C12H17BrO2S/c1-2-16-8-4-7-15-12-10(9-14)5-3-6-11(12)13/h3,5-6,14H,2,4,7-9H2,1H3. The summed E-state index contributed by atoms with van der Waals surface area (Å²) < 4.78 is 6.59. The first-order valence-electron chi connectivity index (χ1n) is 5.38. The van der Waals surface area contributed by atoms with Crippen molar-refractivity contribution in [2.24, 2.45) is 0 Å². The summed E-state index contributed by atoms with van der Waals surface area (Å²) in [6, 6.07) is 5.70. The van der Waals surface area contributed by atoms with Crippen LogP contribution < -0.4 is 4.74 Å². The van der Waals surface area contributed by atoms with Crippen LogP contribution in [0.1, 0.15) is 18.9 Å². The molecule has 1 N–H and O–H groups in total. The molecule has 1 aromatic carbocycles. The zero-order valence-corrected chi connectivity index (χ0v) is 11.8. The Kier molecular flexibility index (Phi) is 6.92. The lowest BCUT2D eigenvalue weighted by Crippen LogP contribution is -2.02. The molecule has 1 rings (SSSR count). The summed E-state index contributed by atoms with van der Waals surface area (Å²) in [4.78, 5) is 0. The molecule has 2 nitrogen and oxygen atoms in total. The summed E-state index contributed by atoms with van der Waals surface area (Å²) in [6.07, 6.45) is 1.03. The van der Waals surface area contributed by atoms with Crippen molar-refractivity contribution in [1.82, 2.24) is 0 Å². The Hall–Kier alpha value is -0.190. The van der Waals surface area contributed by atoms with Crippen LogP contribution in [0, 0.1) is 0 Å². The number of para-hydroxylation sites is 1. The third-order valence-corrected chi connectivity index (χ3v) is 3.71. The predicted molar refractivity (Wildman–Crippen MR) is 73.2 cm³/mol. The van der Waals surface area contributed by atoms with E-state index in [0.29, 0.717) is 6.61 Å². The Morgan fingerprint density at radius 1 is 1.44 bits per heavy atom. The fourth-order valence-corrected chi connectivity index (χ4v) is 2.45. The molecule has 0 amide bonds. The highest BCUT2D eigenvalue weighted by molar-refractivity contribution is 9.10. The van der Waals surface area contributed by atoms with Gasteiger partial charge in [-0.15, -0.1) is 0 Å². The summed E-state index contributed by atoms with van der Waals surface area (Å²) in [5.41, 5.74) is 0.831. The van der Waals surface area contributed by atoms with Gasteiger partial charge in [0.25, 0.3) is 0 Å². The summed E-state index contributed by atoms with van der Waals surface area (Å²) >= 11 is 5.35. The highest BCUT2D eigenvalue weighted by atomic mass is 79.9. The van der Waals surface area contributed by atoms with Crippen LogP contribution in [0.3, 0.4) is 0 Å². The molecule has 0 saturated heterocycles. The second kappa shape index (κ2) is 7.98. The Morgan fingerprint density at radius 2 is 2.25 bits per heavy atom. The molecule has 0 atom stereocenters. The van der Waals surface area contributed by atoms with Gasteiger partial charge < -0.3 is 9.84 Å². The number of hydrogen-bond acceptors (Lipinski definition) is 3. The minimum Gasteiger partial charge on any atom is -0.492 e. The van der Waals surface area contributed by atoms with Crippen molar-refractivity contribution in [2.45, 2.75) is 20.0 Å². The molecule has 0 unspecified atom stereocenters. The summed E-state index contributed by atoms with van der Waals surface area (Å²) in [5.74, 6) is 3.04. The van der Waals surface area contributed by atoms with Crippen LogP contribution >= 0.6 is 27.7 Å². The average Bonchev–Trinajstić information content (AvgIpc) is 2.30. The molecule has 0 spiro atoms. The number of ether oxygens (including phenoxy) is 1.